The van der Waals surface area contributed by atoms with Gasteiger partial charge in [-0.05, 0) is 35.7 Å². The van der Waals surface area contributed by atoms with Crippen LogP contribution in [0.1, 0.15) is 5.56 Å². The van der Waals surface area contributed by atoms with Crippen molar-refractivity contribution in [3.63, 3.8) is 0 Å². The Morgan fingerprint density at radius 2 is 1.47 bits per heavy atom. The fourth-order valence-corrected chi connectivity index (χ4v) is 3.72. The maximum atomic E-state index is 12.1. The summed E-state index contributed by atoms with van der Waals surface area (Å²) in [5.41, 5.74) is 9.06. The lowest BCUT2D eigenvalue weighted by molar-refractivity contribution is -0.120. The molecule has 0 saturated carbocycles. The molecule has 34 heavy (non-hydrogen) atoms. The number of benzene rings is 1. The van der Waals surface area contributed by atoms with Crippen molar-refractivity contribution in [2.75, 3.05) is 91.7 Å². The zero-order chi connectivity index (χ0) is 24.9. The topological polar surface area (TPSA) is 124 Å². The number of amides is 1. The van der Waals surface area contributed by atoms with Gasteiger partial charge in [-0.15, -0.1) is 9.24 Å². The summed E-state index contributed by atoms with van der Waals surface area (Å²) >= 11 is 0. The number of hydrogen-bond acceptors (Lipinski definition) is 7. The van der Waals surface area contributed by atoms with E-state index >= 15 is 0 Å². The van der Waals surface area contributed by atoms with Crippen molar-refractivity contribution in [2.24, 2.45) is 5.11 Å². The summed E-state index contributed by atoms with van der Waals surface area (Å²) < 4.78 is 26.8. The van der Waals surface area contributed by atoms with Gasteiger partial charge in [0.1, 0.15) is 0 Å². The van der Waals surface area contributed by atoms with Crippen LogP contribution in [0.3, 0.4) is 0 Å². The number of azide groups is 1. The molecule has 0 aliphatic rings. The highest BCUT2D eigenvalue weighted by atomic mass is 35.7. The molecule has 0 aromatic heterocycles. The lowest BCUT2D eigenvalue weighted by atomic mass is 10.1. The summed E-state index contributed by atoms with van der Waals surface area (Å²) in [6.07, 6.45) is 4.34. The predicted molar refractivity (Wildman–Crippen MR) is 135 cm³/mol. The second-order valence-corrected chi connectivity index (χ2v) is 12.6. The third kappa shape index (κ3) is 17.0. The highest BCUT2D eigenvalue weighted by Gasteiger charge is 2.12. The average Bonchev–Trinajstić information content (AvgIpc) is 2.80. The van der Waals surface area contributed by atoms with E-state index in [4.69, 9.17) is 39.9 Å². The van der Waals surface area contributed by atoms with Gasteiger partial charge in [0, 0.05) is 22.9 Å². The third-order valence-electron chi connectivity index (χ3n) is 4.28. The van der Waals surface area contributed by atoms with Crippen molar-refractivity contribution in [3.05, 3.63) is 40.3 Å². The SMILES string of the molecule is CS(C)(Cl)c1cccc(CC(=O)NCCOCCOCCOCCOCCOCCN=[N+]=[N-])c1. The molecule has 1 aromatic rings. The molecule has 10 nitrogen and oxygen atoms in total. The lowest BCUT2D eigenvalue weighted by Gasteiger charge is -2.22. The van der Waals surface area contributed by atoms with Crippen LogP contribution >= 0.6 is 19.9 Å². The van der Waals surface area contributed by atoms with Crippen LogP contribution in [0.4, 0.5) is 0 Å². The van der Waals surface area contributed by atoms with Gasteiger partial charge < -0.3 is 29.0 Å². The molecule has 1 rings (SSSR count). The molecule has 1 aromatic carbocycles. The number of nitrogens with zero attached hydrogens (tertiary/aromatic N) is 3. The number of hydrogen-bond donors (Lipinski definition) is 1. The van der Waals surface area contributed by atoms with Gasteiger partial charge in [0.05, 0.1) is 72.5 Å². The molecule has 0 atom stereocenters. The van der Waals surface area contributed by atoms with Crippen LogP contribution < -0.4 is 5.32 Å². The van der Waals surface area contributed by atoms with E-state index in [0.717, 1.165) is 10.5 Å². The molecule has 12 heteroatoms. The van der Waals surface area contributed by atoms with Crippen LogP contribution in [0.15, 0.2) is 34.3 Å². The van der Waals surface area contributed by atoms with Crippen LogP contribution in [0.25, 0.3) is 10.4 Å². The summed E-state index contributed by atoms with van der Waals surface area (Å²) in [6, 6.07) is 7.87. The largest absolute Gasteiger partial charge is 0.379 e. The number of nitrogens with one attached hydrogen (secondary N) is 1. The fourth-order valence-electron chi connectivity index (χ4n) is 2.60. The zero-order valence-corrected chi connectivity index (χ0v) is 21.7. The summed E-state index contributed by atoms with van der Waals surface area (Å²) in [5, 5.41) is 6.22. The van der Waals surface area contributed by atoms with Crippen molar-refractivity contribution in [3.8, 4) is 0 Å². The third-order valence-corrected chi connectivity index (χ3v) is 6.19. The molecule has 0 radical (unpaired) electrons. The molecule has 0 aliphatic heterocycles. The number of halogens is 1. The number of carbonyl (C=O) groups excluding carboxylic acids is 1. The molecule has 0 unspecified atom stereocenters. The quantitative estimate of drug-likeness (QED) is 0.115. The van der Waals surface area contributed by atoms with E-state index < -0.39 is 9.24 Å². The summed E-state index contributed by atoms with van der Waals surface area (Å²) in [6.45, 7) is 5.34. The monoisotopic (exact) mass is 520 g/mol. The van der Waals surface area contributed by atoms with Gasteiger partial charge in [-0.3, -0.25) is 4.79 Å². The molecule has 0 heterocycles. The Bertz CT molecular complexity index is 732. The summed E-state index contributed by atoms with van der Waals surface area (Å²) in [4.78, 5) is 15.8. The second-order valence-electron chi connectivity index (χ2n) is 7.39. The molecule has 194 valence electrons. The normalized spacial score (nSPS) is 11.7. The molecule has 1 amide bonds. The first kappa shape index (κ1) is 30.5. The summed E-state index contributed by atoms with van der Waals surface area (Å²) in [7, 11) is 5.09. The fraction of sp³-hybridized carbons (Fsp3) is 0.682. The zero-order valence-electron chi connectivity index (χ0n) is 20.1. The lowest BCUT2D eigenvalue weighted by Crippen LogP contribution is -2.29. The Morgan fingerprint density at radius 3 is 2.00 bits per heavy atom. The molecule has 1 N–H and O–H groups in total. The van der Waals surface area contributed by atoms with E-state index in [1.807, 2.05) is 36.8 Å². The van der Waals surface area contributed by atoms with Gasteiger partial charge in [-0.2, -0.15) is 0 Å². The van der Waals surface area contributed by atoms with Gasteiger partial charge in [0.2, 0.25) is 5.91 Å². The standard InChI is InChI=1S/C22H37ClN4O6S/c1-34(2,23)21-5-3-4-20(18-21)19-22(28)25-6-8-29-10-12-31-14-16-33-17-15-32-13-11-30-9-7-26-27-24/h3-5,18H,6-17,19H2,1-2H3,(H,25,28). The minimum atomic E-state index is -1.33. The smallest absolute Gasteiger partial charge is 0.224 e. The highest BCUT2D eigenvalue weighted by molar-refractivity contribution is 8.50. The van der Waals surface area contributed by atoms with E-state index in [9.17, 15) is 4.79 Å². The van der Waals surface area contributed by atoms with Crippen LogP contribution in [0, 0.1) is 0 Å². The first-order chi connectivity index (χ1) is 16.4. The van der Waals surface area contributed by atoms with Gasteiger partial charge >= 0.3 is 0 Å². The van der Waals surface area contributed by atoms with Gasteiger partial charge in [-0.1, -0.05) is 27.9 Å². The number of rotatable bonds is 21. The van der Waals surface area contributed by atoms with E-state index in [0.29, 0.717) is 85.6 Å². The minimum absolute atomic E-state index is 0.0432. The molecular weight excluding hydrogens is 484 g/mol. The van der Waals surface area contributed by atoms with Crippen molar-refractivity contribution in [2.45, 2.75) is 11.3 Å². The Kier molecular flexibility index (Phi) is 17.7. The Morgan fingerprint density at radius 1 is 0.941 bits per heavy atom. The van der Waals surface area contributed by atoms with Gasteiger partial charge in [0.25, 0.3) is 0 Å². The molecule has 0 bridgehead atoms. The van der Waals surface area contributed by atoms with E-state index in [1.165, 1.54) is 0 Å². The first-order valence-corrected chi connectivity index (χ1v) is 14.4. The van der Waals surface area contributed by atoms with E-state index in [1.54, 1.807) is 0 Å². The maximum absolute atomic E-state index is 12.1. The number of carbonyl (C=O) groups is 1. The summed E-state index contributed by atoms with van der Waals surface area (Å²) in [5.74, 6) is -0.0432. The first-order valence-electron chi connectivity index (χ1n) is 11.1. The van der Waals surface area contributed by atoms with Crippen LogP contribution in [-0.4, -0.2) is 97.6 Å². The Labute approximate surface area is 208 Å². The maximum Gasteiger partial charge on any atom is 0.224 e. The van der Waals surface area contributed by atoms with E-state index in [-0.39, 0.29) is 5.91 Å². The van der Waals surface area contributed by atoms with Gasteiger partial charge in [-0.25, -0.2) is 0 Å². The minimum Gasteiger partial charge on any atom is -0.379 e. The highest BCUT2D eigenvalue weighted by Crippen LogP contribution is 2.53. The van der Waals surface area contributed by atoms with Crippen molar-refractivity contribution >= 4 is 25.8 Å². The molecule has 0 spiro atoms. The Balaban J connectivity index is 1.87. The van der Waals surface area contributed by atoms with Crippen LogP contribution in [-0.2, 0) is 34.9 Å². The molecule has 0 fully saturated rings. The van der Waals surface area contributed by atoms with Crippen molar-refractivity contribution in [1.82, 2.24) is 5.32 Å². The second kappa shape index (κ2) is 19.7. The average molecular weight is 521 g/mol. The van der Waals surface area contributed by atoms with Gasteiger partial charge in [0.15, 0.2) is 0 Å². The van der Waals surface area contributed by atoms with Crippen LogP contribution in [0.5, 0.6) is 0 Å². The van der Waals surface area contributed by atoms with E-state index in [2.05, 4.69) is 15.3 Å². The Hall–Kier alpha value is -1.56. The predicted octanol–water partition coefficient (Wildman–Crippen LogP) is 3.32. The van der Waals surface area contributed by atoms with Crippen LogP contribution in [0.2, 0.25) is 0 Å². The number of ether oxygens (including phenoxy) is 5. The molecule has 0 aliphatic carbocycles. The molecule has 0 saturated heterocycles. The van der Waals surface area contributed by atoms with Crippen molar-refractivity contribution in [1.29, 1.82) is 0 Å². The van der Waals surface area contributed by atoms with Crippen molar-refractivity contribution < 1.29 is 28.5 Å². The molecular formula is C22H37ClN4O6S.